The largest absolute Gasteiger partial charge is 0.490 e. The molecule has 0 radical (unpaired) electrons. The molecule has 0 bridgehead atoms. The molecular formula is C15H22O. The summed E-state index contributed by atoms with van der Waals surface area (Å²) in [6.45, 7) is 14.5. The van der Waals surface area contributed by atoms with Gasteiger partial charge in [-0.05, 0) is 30.9 Å². The highest BCUT2D eigenvalue weighted by Gasteiger charge is 2.15. The van der Waals surface area contributed by atoms with Crippen molar-refractivity contribution in [3.05, 3.63) is 35.9 Å². The van der Waals surface area contributed by atoms with Crippen molar-refractivity contribution >= 4 is 6.08 Å². The molecule has 0 atom stereocenters. The maximum Gasteiger partial charge on any atom is 0.127 e. The van der Waals surface area contributed by atoms with Crippen molar-refractivity contribution in [1.29, 1.82) is 0 Å². The number of rotatable bonds is 3. The van der Waals surface area contributed by atoms with Crippen LogP contribution in [0.2, 0.25) is 0 Å². The van der Waals surface area contributed by atoms with Crippen LogP contribution in [0.3, 0.4) is 0 Å². The Morgan fingerprint density at radius 3 is 2.31 bits per heavy atom. The van der Waals surface area contributed by atoms with Crippen LogP contribution in [0.15, 0.2) is 24.8 Å². The first-order valence-corrected chi connectivity index (χ1v) is 5.78. The first-order chi connectivity index (χ1) is 7.34. The lowest BCUT2D eigenvalue weighted by molar-refractivity contribution is 0.241. The maximum atomic E-state index is 5.80. The van der Waals surface area contributed by atoms with Crippen molar-refractivity contribution in [2.45, 2.75) is 46.1 Å². The lowest BCUT2D eigenvalue weighted by Crippen LogP contribution is -2.13. The van der Waals surface area contributed by atoms with Gasteiger partial charge in [0.15, 0.2) is 0 Å². The van der Waals surface area contributed by atoms with E-state index in [2.05, 4.69) is 45.5 Å². The maximum absolute atomic E-state index is 5.80. The van der Waals surface area contributed by atoms with Gasteiger partial charge in [0, 0.05) is 5.56 Å². The second-order valence-electron chi connectivity index (χ2n) is 5.37. The molecule has 0 fully saturated rings. The van der Waals surface area contributed by atoms with E-state index < -0.39 is 0 Å². The van der Waals surface area contributed by atoms with Gasteiger partial charge in [-0.1, -0.05) is 45.6 Å². The van der Waals surface area contributed by atoms with E-state index in [0.717, 1.165) is 11.3 Å². The van der Waals surface area contributed by atoms with E-state index in [9.17, 15) is 0 Å². The van der Waals surface area contributed by atoms with Gasteiger partial charge in [-0.15, -0.1) is 0 Å². The summed E-state index contributed by atoms with van der Waals surface area (Å²) in [6, 6.07) is 6.34. The summed E-state index contributed by atoms with van der Waals surface area (Å²) in [5.74, 6) is 0.928. The quantitative estimate of drug-likeness (QED) is 0.730. The molecule has 1 aromatic rings. The highest BCUT2D eigenvalue weighted by atomic mass is 16.5. The summed E-state index contributed by atoms with van der Waals surface area (Å²) in [5, 5.41) is 0. The molecular weight excluding hydrogens is 196 g/mol. The molecule has 1 rings (SSSR count). The third-order valence-electron chi connectivity index (χ3n) is 2.46. The van der Waals surface area contributed by atoms with Crippen LogP contribution in [0.1, 0.15) is 45.7 Å². The first kappa shape index (κ1) is 12.8. The van der Waals surface area contributed by atoms with Crippen LogP contribution in [0.5, 0.6) is 5.75 Å². The predicted molar refractivity (Wildman–Crippen MR) is 71.0 cm³/mol. The minimum Gasteiger partial charge on any atom is -0.490 e. The van der Waals surface area contributed by atoms with Gasteiger partial charge in [0.1, 0.15) is 5.75 Å². The van der Waals surface area contributed by atoms with Gasteiger partial charge < -0.3 is 4.74 Å². The Kier molecular flexibility index (Phi) is 3.79. The predicted octanol–water partition coefficient (Wildman–Crippen LogP) is 4.41. The number of hydrogen-bond donors (Lipinski definition) is 0. The Hall–Kier alpha value is -1.24. The number of ether oxygens (including phenoxy) is 1. The smallest absolute Gasteiger partial charge is 0.127 e. The highest BCUT2D eigenvalue weighted by Crippen LogP contribution is 2.29. The van der Waals surface area contributed by atoms with E-state index in [1.807, 2.05) is 19.9 Å². The van der Waals surface area contributed by atoms with Crippen molar-refractivity contribution in [2.24, 2.45) is 0 Å². The summed E-state index contributed by atoms with van der Waals surface area (Å²) in [7, 11) is 0. The van der Waals surface area contributed by atoms with Gasteiger partial charge in [-0.25, -0.2) is 0 Å². The van der Waals surface area contributed by atoms with Gasteiger partial charge >= 0.3 is 0 Å². The van der Waals surface area contributed by atoms with E-state index in [1.54, 1.807) is 0 Å². The third kappa shape index (κ3) is 3.13. The monoisotopic (exact) mass is 218 g/mol. The summed E-state index contributed by atoms with van der Waals surface area (Å²) in [6.07, 6.45) is 2.03. The molecule has 0 heterocycles. The van der Waals surface area contributed by atoms with E-state index in [-0.39, 0.29) is 11.5 Å². The molecule has 0 spiro atoms. The highest BCUT2D eigenvalue weighted by molar-refractivity contribution is 5.57. The van der Waals surface area contributed by atoms with Gasteiger partial charge in [0.2, 0.25) is 0 Å². The van der Waals surface area contributed by atoms with Crippen molar-refractivity contribution < 1.29 is 4.74 Å². The Morgan fingerprint density at radius 1 is 1.25 bits per heavy atom. The summed E-state index contributed by atoms with van der Waals surface area (Å²) < 4.78 is 5.80. The lowest BCUT2D eigenvalue weighted by Gasteiger charge is -2.21. The van der Waals surface area contributed by atoms with Crippen LogP contribution in [0.25, 0.3) is 6.08 Å². The molecule has 0 aromatic heterocycles. The molecule has 16 heavy (non-hydrogen) atoms. The molecule has 1 aromatic carbocycles. The summed E-state index contributed by atoms with van der Waals surface area (Å²) >= 11 is 0. The van der Waals surface area contributed by atoms with Gasteiger partial charge in [-0.2, -0.15) is 0 Å². The molecule has 0 aliphatic rings. The molecule has 0 unspecified atom stereocenters. The summed E-state index contributed by atoms with van der Waals surface area (Å²) in [5.41, 5.74) is 2.49. The van der Waals surface area contributed by atoms with E-state index in [0.29, 0.717) is 0 Å². The van der Waals surface area contributed by atoms with E-state index in [4.69, 9.17) is 4.74 Å². The molecule has 0 saturated carbocycles. The molecule has 88 valence electrons. The second-order valence-corrected chi connectivity index (χ2v) is 5.37. The van der Waals surface area contributed by atoms with Crippen LogP contribution in [-0.4, -0.2) is 6.10 Å². The second kappa shape index (κ2) is 4.73. The normalized spacial score (nSPS) is 11.6. The fraction of sp³-hybridized carbons (Fsp3) is 0.467. The zero-order chi connectivity index (χ0) is 12.3. The van der Waals surface area contributed by atoms with Crippen LogP contribution < -0.4 is 4.74 Å². The standard InChI is InChI=1S/C15H22O/c1-7-12-8-9-13(15(4,5)6)10-14(12)16-11(2)3/h7-11H,1H2,2-6H3. The van der Waals surface area contributed by atoms with Crippen molar-refractivity contribution in [2.75, 3.05) is 0 Å². The van der Waals surface area contributed by atoms with Gasteiger partial charge in [0.25, 0.3) is 0 Å². The van der Waals surface area contributed by atoms with Gasteiger partial charge in [0.05, 0.1) is 6.10 Å². The first-order valence-electron chi connectivity index (χ1n) is 5.78. The van der Waals surface area contributed by atoms with E-state index in [1.165, 1.54) is 5.56 Å². The van der Waals surface area contributed by atoms with Crippen LogP contribution >= 0.6 is 0 Å². The Morgan fingerprint density at radius 2 is 1.88 bits per heavy atom. The molecule has 0 aliphatic heterocycles. The van der Waals surface area contributed by atoms with Gasteiger partial charge in [-0.3, -0.25) is 0 Å². The summed E-state index contributed by atoms with van der Waals surface area (Å²) in [4.78, 5) is 0. The molecule has 1 nitrogen and oxygen atoms in total. The minimum atomic E-state index is 0.148. The third-order valence-corrected chi connectivity index (χ3v) is 2.46. The Balaban J connectivity index is 3.16. The van der Waals surface area contributed by atoms with Crippen molar-refractivity contribution in [3.8, 4) is 5.75 Å². The molecule has 1 heteroatoms. The van der Waals surface area contributed by atoms with Crippen LogP contribution in [-0.2, 0) is 5.41 Å². The number of hydrogen-bond acceptors (Lipinski definition) is 1. The van der Waals surface area contributed by atoms with Crippen molar-refractivity contribution in [1.82, 2.24) is 0 Å². The molecule has 0 aliphatic carbocycles. The fourth-order valence-electron chi connectivity index (χ4n) is 1.53. The zero-order valence-electron chi connectivity index (χ0n) is 11.0. The fourth-order valence-corrected chi connectivity index (χ4v) is 1.53. The minimum absolute atomic E-state index is 0.148. The average molecular weight is 218 g/mol. The Labute approximate surface area is 99.1 Å². The van der Waals surface area contributed by atoms with Crippen molar-refractivity contribution in [3.63, 3.8) is 0 Å². The van der Waals surface area contributed by atoms with Crippen LogP contribution in [0.4, 0.5) is 0 Å². The van der Waals surface area contributed by atoms with E-state index >= 15 is 0 Å². The zero-order valence-corrected chi connectivity index (χ0v) is 11.0. The molecule has 0 N–H and O–H groups in total. The topological polar surface area (TPSA) is 9.23 Å². The lowest BCUT2D eigenvalue weighted by atomic mass is 9.86. The Bertz CT molecular complexity index is 370. The average Bonchev–Trinajstić information content (AvgIpc) is 2.15. The molecule has 0 amide bonds. The number of benzene rings is 1. The van der Waals surface area contributed by atoms with Crippen LogP contribution in [0, 0.1) is 0 Å². The molecule has 0 saturated heterocycles. The SMILES string of the molecule is C=Cc1ccc(C(C)(C)C)cc1OC(C)C.